The molecular weight excluding hydrogens is 162 g/mol. The topological polar surface area (TPSA) is 29.1 Å². The molecule has 1 fully saturated rings. The molecule has 2 heteroatoms. The van der Waals surface area contributed by atoms with Crippen LogP contribution in [0, 0.1) is 11.3 Å². The minimum absolute atomic E-state index is 0.00215. The van der Waals surface area contributed by atoms with Crippen molar-refractivity contribution in [3.8, 4) is 0 Å². The standard InChI is InChI=1S/C11H21NO/c1-9(2)5-4-8-12-10(13)11(3)6-7-11/h9H,4-8H2,1-3H3,(H,12,13). The molecule has 13 heavy (non-hydrogen) atoms. The third kappa shape index (κ3) is 3.37. The first kappa shape index (κ1) is 10.6. The van der Waals surface area contributed by atoms with E-state index >= 15 is 0 Å². The molecule has 0 atom stereocenters. The van der Waals surface area contributed by atoms with Crippen molar-refractivity contribution < 1.29 is 4.79 Å². The van der Waals surface area contributed by atoms with E-state index in [0.29, 0.717) is 0 Å². The summed E-state index contributed by atoms with van der Waals surface area (Å²) in [6, 6.07) is 0. The average molecular weight is 183 g/mol. The number of nitrogens with one attached hydrogen (secondary N) is 1. The Morgan fingerprint density at radius 3 is 2.54 bits per heavy atom. The van der Waals surface area contributed by atoms with Crippen LogP contribution < -0.4 is 5.32 Å². The molecule has 0 bridgehead atoms. The van der Waals surface area contributed by atoms with E-state index in [1.807, 2.05) is 6.92 Å². The first-order valence-electron chi connectivity index (χ1n) is 5.33. The predicted molar refractivity (Wildman–Crippen MR) is 54.4 cm³/mol. The van der Waals surface area contributed by atoms with Gasteiger partial charge in [-0.2, -0.15) is 0 Å². The fourth-order valence-corrected chi connectivity index (χ4v) is 1.34. The number of hydrogen-bond acceptors (Lipinski definition) is 1. The normalized spacial score (nSPS) is 18.8. The number of amides is 1. The molecule has 1 rings (SSSR count). The van der Waals surface area contributed by atoms with Gasteiger partial charge in [0.25, 0.3) is 0 Å². The van der Waals surface area contributed by atoms with Gasteiger partial charge in [0.2, 0.25) is 5.91 Å². The molecule has 0 spiro atoms. The number of hydrogen-bond donors (Lipinski definition) is 1. The fraction of sp³-hybridized carbons (Fsp3) is 0.909. The van der Waals surface area contributed by atoms with Crippen LogP contribution in [0.5, 0.6) is 0 Å². The van der Waals surface area contributed by atoms with Crippen LogP contribution in [0.4, 0.5) is 0 Å². The van der Waals surface area contributed by atoms with Gasteiger partial charge in [-0.15, -0.1) is 0 Å². The summed E-state index contributed by atoms with van der Waals surface area (Å²) in [7, 11) is 0. The Bertz CT molecular complexity index is 183. The summed E-state index contributed by atoms with van der Waals surface area (Å²) in [6.07, 6.45) is 4.46. The van der Waals surface area contributed by atoms with E-state index in [1.165, 1.54) is 6.42 Å². The van der Waals surface area contributed by atoms with E-state index in [0.717, 1.165) is 31.7 Å². The molecule has 1 aliphatic carbocycles. The van der Waals surface area contributed by atoms with Crippen LogP contribution >= 0.6 is 0 Å². The van der Waals surface area contributed by atoms with Gasteiger partial charge < -0.3 is 5.32 Å². The van der Waals surface area contributed by atoms with Crippen LogP contribution in [0.25, 0.3) is 0 Å². The van der Waals surface area contributed by atoms with Crippen LogP contribution in [0.15, 0.2) is 0 Å². The van der Waals surface area contributed by atoms with Crippen molar-refractivity contribution in [2.75, 3.05) is 6.54 Å². The number of carbonyl (C=O) groups excluding carboxylic acids is 1. The third-order valence-electron chi connectivity index (χ3n) is 2.79. The lowest BCUT2D eigenvalue weighted by atomic mass is 10.1. The van der Waals surface area contributed by atoms with Gasteiger partial charge in [-0.1, -0.05) is 20.8 Å². The molecule has 0 heterocycles. The van der Waals surface area contributed by atoms with Crippen molar-refractivity contribution in [3.63, 3.8) is 0 Å². The van der Waals surface area contributed by atoms with Crippen molar-refractivity contribution in [2.45, 2.75) is 46.5 Å². The zero-order valence-corrected chi connectivity index (χ0v) is 9.02. The minimum atomic E-state index is -0.00215. The number of rotatable bonds is 5. The zero-order chi connectivity index (χ0) is 9.90. The van der Waals surface area contributed by atoms with Gasteiger partial charge in [-0.3, -0.25) is 4.79 Å². The molecule has 76 valence electrons. The lowest BCUT2D eigenvalue weighted by molar-refractivity contribution is -0.125. The summed E-state index contributed by atoms with van der Waals surface area (Å²) in [5, 5.41) is 3.00. The number of carbonyl (C=O) groups is 1. The van der Waals surface area contributed by atoms with Crippen molar-refractivity contribution >= 4 is 5.91 Å². The maximum absolute atomic E-state index is 11.5. The van der Waals surface area contributed by atoms with Crippen LogP contribution in [0.1, 0.15) is 46.5 Å². The molecule has 1 saturated carbocycles. The van der Waals surface area contributed by atoms with Crippen molar-refractivity contribution in [3.05, 3.63) is 0 Å². The molecule has 0 aliphatic heterocycles. The second kappa shape index (κ2) is 4.12. The Morgan fingerprint density at radius 2 is 2.08 bits per heavy atom. The van der Waals surface area contributed by atoms with E-state index in [-0.39, 0.29) is 11.3 Å². The summed E-state index contributed by atoms with van der Waals surface area (Å²) in [5.74, 6) is 1.00. The van der Waals surface area contributed by atoms with Gasteiger partial charge in [0, 0.05) is 12.0 Å². The molecule has 0 radical (unpaired) electrons. The summed E-state index contributed by atoms with van der Waals surface area (Å²) in [5.41, 5.74) is -0.00215. The van der Waals surface area contributed by atoms with E-state index < -0.39 is 0 Å². The first-order valence-corrected chi connectivity index (χ1v) is 5.33. The smallest absolute Gasteiger partial charge is 0.225 e. The van der Waals surface area contributed by atoms with E-state index in [4.69, 9.17) is 0 Å². The lowest BCUT2D eigenvalue weighted by Gasteiger charge is -2.10. The maximum Gasteiger partial charge on any atom is 0.225 e. The molecule has 0 aromatic rings. The molecular formula is C11H21NO. The quantitative estimate of drug-likeness (QED) is 0.651. The molecule has 0 unspecified atom stereocenters. The van der Waals surface area contributed by atoms with Crippen molar-refractivity contribution in [2.24, 2.45) is 11.3 Å². The SMILES string of the molecule is CC(C)CCCNC(=O)C1(C)CC1. The molecule has 0 aromatic carbocycles. The Balaban J connectivity index is 2.03. The Morgan fingerprint density at radius 1 is 1.46 bits per heavy atom. The van der Waals surface area contributed by atoms with E-state index in [9.17, 15) is 4.79 Å². The molecule has 1 N–H and O–H groups in total. The molecule has 1 aliphatic rings. The van der Waals surface area contributed by atoms with Crippen LogP contribution in [0.2, 0.25) is 0 Å². The van der Waals surface area contributed by atoms with Gasteiger partial charge in [-0.05, 0) is 31.6 Å². The minimum Gasteiger partial charge on any atom is -0.356 e. The van der Waals surface area contributed by atoms with Crippen LogP contribution in [-0.2, 0) is 4.79 Å². The van der Waals surface area contributed by atoms with Gasteiger partial charge in [0.15, 0.2) is 0 Å². The highest BCUT2D eigenvalue weighted by Crippen LogP contribution is 2.44. The van der Waals surface area contributed by atoms with E-state index in [1.54, 1.807) is 0 Å². The largest absolute Gasteiger partial charge is 0.356 e. The summed E-state index contributed by atoms with van der Waals surface area (Å²) >= 11 is 0. The first-order chi connectivity index (χ1) is 6.04. The highest BCUT2D eigenvalue weighted by atomic mass is 16.2. The van der Waals surface area contributed by atoms with Crippen molar-refractivity contribution in [1.29, 1.82) is 0 Å². The van der Waals surface area contributed by atoms with Crippen LogP contribution in [0.3, 0.4) is 0 Å². The third-order valence-corrected chi connectivity index (χ3v) is 2.79. The summed E-state index contributed by atoms with van der Waals surface area (Å²) in [4.78, 5) is 11.5. The van der Waals surface area contributed by atoms with Gasteiger partial charge in [0.05, 0.1) is 0 Å². The Hall–Kier alpha value is -0.530. The Labute approximate surface area is 81.1 Å². The summed E-state index contributed by atoms with van der Waals surface area (Å²) < 4.78 is 0. The van der Waals surface area contributed by atoms with Gasteiger partial charge in [-0.25, -0.2) is 0 Å². The monoisotopic (exact) mass is 183 g/mol. The zero-order valence-electron chi connectivity index (χ0n) is 9.02. The van der Waals surface area contributed by atoms with Crippen molar-refractivity contribution in [1.82, 2.24) is 5.32 Å². The second-order valence-electron chi connectivity index (χ2n) is 4.85. The Kier molecular flexibility index (Phi) is 3.34. The second-order valence-corrected chi connectivity index (χ2v) is 4.85. The maximum atomic E-state index is 11.5. The fourth-order valence-electron chi connectivity index (χ4n) is 1.34. The highest BCUT2D eigenvalue weighted by molar-refractivity contribution is 5.84. The molecule has 0 saturated heterocycles. The highest BCUT2D eigenvalue weighted by Gasteiger charge is 2.44. The average Bonchev–Trinajstić information content (AvgIpc) is 2.78. The van der Waals surface area contributed by atoms with E-state index in [2.05, 4.69) is 19.2 Å². The van der Waals surface area contributed by atoms with Gasteiger partial charge in [0.1, 0.15) is 0 Å². The predicted octanol–water partition coefficient (Wildman–Crippen LogP) is 2.34. The van der Waals surface area contributed by atoms with Gasteiger partial charge >= 0.3 is 0 Å². The molecule has 0 aromatic heterocycles. The molecule has 2 nitrogen and oxygen atoms in total. The summed E-state index contributed by atoms with van der Waals surface area (Å²) in [6.45, 7) is 7.32. The lowest BCUT2D eigenvalue weighted by Crippen LogP contribution is -2.31. The van der Waals surface area contributed by atoms with Crippen LogP contribution in [-0.4, -0.2) is 12.5 Å². The molecule has 1 amide bonds.